The first-order valence-corrected chi connectivity index (χ1v) is 13.1. The van der Waals surface area contributed by atoms with Crippen molar-refractivity contribution in [2.24, 2.45) is 5.41 Å². The van der Waals surface area contributed by atoms with Crippen LogP contribution in [0.5, 0.6) is 0 Å². The minimum Gasteiger partial charge on any atom is -0.352 e. The van der Waals surface area contributed by atoms with Gasteiger partial charge >= 0.3 is 0 Å². The third-order valence-electron chi connectivity index (χ3n) is 8.56. The zero-order valence-electron chi connectivity index (χ0n) is 21.4. The molecule has 2 aliphatic heterocycles. The van der Waals surface area contributed by atoms with Crippen LogP contribution in [-0.4, -0.2) is 34.4 Å². The molecule has 0 N–H and O–H groups in total. The molecule has 3 aliphatic rings. The van der Waals surface area contributed by atoms with Crippen LogP contribution in [0.3, 0.4) is 0 Å². The number of hydrogen-bond donors (Lipinski definition) is 0. The van der Waals surface area contributed by atoms with E-state index in [0.29, 0.717) is 5.69 Å². The number of Topliss-reactive ketones (excluding diaryl/α,β-unsaturated/α-hetero) is 3. The third-order valence-corrected chi connectivity index (χ3v) is 8.56. The first-order valence-electron chi connectivity index (χ1n) is 13.1. The Balaban J connectivity index is 1.55. The lowest BCUT2D eigenvalue weighted by molar-refractivity contribution is -0.384. The number of nitrogens with zero attached hydrogens (tertiary/aromatic N) is 2. The molecule has 1 saturated heterocycles. The van der Waals surface area contributed by atoms with Crippen LogP contribution in [0.2, 0.25) is 0 Å². The maximum atomic E-state index is 15.8. The Labute approximate surface area is 233 Å². The molecule has 0 aromatic heterocycles. The molecule has 8 heteroatoms. The summed E-state index contributed by atoms with van der Waals surface area (Å²) in [6.45, 7) is 0. The van der Waals surface area contributed by atoms with E-state index < -0.39 is 51.5 Å². The van der Waals surface area contributed by atoms with Crippen LogP contribution < -0.4 is 4.90 Å². The Morgan fingerprint density at radius 1 is 0.854 bits per heavy atom. The minimum atomic E-state index is -1.85. The van der Waals surface area contributed by atoms with E-state index in [0.717, 1.165) is 5.56 Å². The molecule has 0 bridgehead atoms. The van der Waals surface area contributed by atoms with Gasteiger partial charge in [-0.15, -0.1) is 0 Å². The van der Waals surface area contributed by atoms with Crippen molar-refractivity contribution in [3.05, 3.63) is 147 Å². The fourth-order valence-electron chi connectivity index (χ4n) is 6.93. The second kappa shape index (κ2) is 8.89. The van der Waals surface area contributed by atoms with Crippen molar-refractivity contribution in [2.45, 2.75) is 18.0 Å². The Morgan fingerprint density at radius 3 is 2.22 bits per heavy atom. The number of halogens is 1. The molecule has 0 radical (unpaired) electrons. The summed E-state index contributed by atoms with van der Waals surface area (Å²) in [6.07, 6.45) is 3.57. The Morgan fingerprint density at radius 2 is 1.51 bits per heavy atom. The standard InChI is InChI=1S/C33H21FN2O5/c34-25-14-5-4-13-24(25)28-29(30(37)20-9-7-10-21(18-20)36(40)41)35-26-15-6-1-8-19(26)16-17-27(35)33(28)31(38)22-11-2-3-12-23(22)32(33)39/h1-18,27-29H. The van der Waals surface area contributed by atoms with Gasteiger partial charge in [-0.1, -0.05) is 84.9 Å². The Bertz CT molecular complexity index is 1810. The number of nitro benzene ring substituents is 1. The first kappa shape index (κ1) is 24.8. The van der Waals surface area contributed by atoms with Gasteiger partial charge in [0.2, 0.25) is 0 Å². The quantitative estimate of drug-likeness (QED) is 0.134. The van der Waals surface area contributed by atoms with Gasteiger partial charge in [0, 0.05) is 40.4 Å². The first-order chi connectivity index (χ1) is 19.9. The predicted molar refractivity (Wildman–Crippen MR) is 150 cm³/mol. The second-order valence-corrected chi connectivity index (χ2v) is 10.5. The molecule has 3 unspecified atom stereocenters. The van der Waals surface area contributed by atoms with Gasteiger partial charge in [0.1, 0.15) is 17.3 Å². The van der Waals surface area contributed by atoms with E-state index in [4.69, 9.17) is 0 Å². The van der Waals surface area contributed by atoms with Gasteiger partial charge in [-0.3, -0.25) is 24.5 Å². The largest absolute Gasteiger partial charge is 0.352 e. The molecule has 0 saturated carbocycles. The van der Waals surface area contributed by atoms with E-state index in [2.05, 4.69) is 0 Å². The molecule has 4 aromatic rings. The van der Waals surface area contributed by atoms with Crippen molar-refractivity contribution in [1.82, 2.24) is 0 Å². The molecule has 7 rings (SSSR count). The lowest BCUT2D eigenvalue weighted by Gasteiger charge is -2.37. The Kier molecular flexibility index (Phi) is 5.37. The summed E-state index contributed by atoms with van der Waals surface area (Å²) in [4.78, 5) is 56.4. The number of nitro groups is 1. The van der Waals surface area contributed by atoms with Crippen LogP contribution in [0.15, 0.2) is 103 Å². The minimum absolute atomic E-state index is 0.0313. The molecule has 3 atom stereocenters. The van der Waals surface area contributed by atoms with E-state index >= 15 is 4.39 Å². The molecule has 1 aliphatic carbocycles. The van der Waals surface area contributed by atoms with E-state index in [-0.39, 0.29) is 27.9 Å². The number of benzene rings is 4. The summed E-state index contributed by atoms with van der Waals surface area (Å²) in [7, 11) is 0. The SMILES string of the molecule is O=C(c1cccc([N+](=O)[O-])c1)C1C(c2ccccc2F)C2(C(=O)c3ccccc3C2=O)C2C=Cc3ccccc3N12. The summed E-state index contributed by atoms with van der Waals surface area (Å²) in [6, 6.07) is 22.9. The van der Waals surface area contributed by atoms with Gasteiger partial charge in [0.25, 0.3) is 5.69 Å². The Hall–Kier alpha value is -5.24. The number of non-ortho nitro benzene ring substituents is 1. The second-order valence-electron chi connectivity index (χ2n) is 10.5. The molecule has 1 spiro atoms. The molecular formula is C33H21FN2O5. The average Bonchev–Trinajstić information content (AvgIpc) is 3.43. The maximum Gasteiger partial charge on any atom is 0.270 e. The van der Waals surface area contributed by atoms with Crippen molar-refractivity contribution in [1.29, 1.82) is 0 Å². The molecule has 2 heterocycles. The number of rotatable bonds is 4. The van der Waals surface area contributed by atoms with Gasteiger partial charge in [-0.05, 0) is 23.3 Å². The molecule has 41 heavy (non-hydrogen) atoms. The number of hydrogen-bond acceptors (Lipinski definition) is 6. The normalized spacial score (nSPS) is 21.5. The number of para-hydroxylation sites is 1. The fourth-order valence-corrected chi connectivity index (χ4v) is 6.93. The predicted octanol–water partition coefficient (Wildman–Crippen LogP) is 6.05. The van der Waals surface area contributed by atoms with Crippen LogP contribution in [-0.2, 0) is 0 Å². The lowest BCUT2D eigenvalue weighted by atomic mass is 9.64. The van der Waals surface area contributed by atoms with Gasteiger partial charge < -0.3 is 4.90 Å². The highest BCUT2D eigenvalue weighted by molar-refractivity contribution is 6.32. The maximum absolute atomic E-state index is 15.8. The van der Waals surface area contributed by atoms with Crippen LogP contribution in [0, 0.1) is 21.3 Å². The molecule has 200 valence electrons. The third kappa shape index (κ3) is 3.27. The highest BCUT2D eigenvalue weighted by Crippen LogP contribution is 2.61. The van der Waals surface area contributed by atoms with E-state index in [1.54, 1.807) is 53.4 Å². The number of carbonyl (C=O) groups is 3. The van der Waals surface area contributed by atoms with Gasteiger partial charge in [-0.25, -0.2) is 4.39 Å². The summed E-state index contributed by atoms with van der Waals surface area (Å²) >= 11 is 0. The van der Waals surface area contributed by atoms with E-state index in [1.807, 2.05) is 18.2 Å². The average molecular weight is 545 g/mol. The highest BCUT2D eigenvalue weighted by atomic mass is 19.1. The number of fused-ring (bicyclic) bond motifs is 5. The van der Waals surface area contributed by atoms with Crippen LogP contribution >= 0.6 is 0 Å². The van der Waals surface area contributed by atoms with Crippen LogP contribution in [0.1, 0.15) is 48.1 Å². The fraction of sp³-hybridized carbons (Fsp3) is 0.121. The monoisotopic (exact) mass is 544 g/mol. The van der Waals surface area contributed by atoms with Crippen LogP contribution in [0.25, 0.3) is 6.08 Å². The van der Waals surface area contributed by atoms with E-state index in [9.17, 15) is 24.5 Å². The van der Waals surface area contributed by atoms with Gasteiger partial charge in [0.05, 0.1) is 11.0 Å². The topological polar surface area (TPSA) is 97.6 Å². The summed E-state index contributed by atoms with van der Waals surface area (Å²) in [5, 5.41) is 11.6. The van der Waals surface area contributed by atoms with Crippen LogP contribution in [0.4, 0.5) is 15.8 Å². The zero-order valence-corrected chi connectivity index (χ0v) is 21.4. The van der Waals surface area contributed by atoms with Crippen molar-refractivity contribution >= 4 is 34.8 Å². The summed E-state index contributed by atoms with van der Waals surface area (Å²) < 4.78 is 15.8. The number of carbonyl (C=O) groups excluding carboxylic acids is 3. The van der Waals surface area contributed by atoms with E-state index in [1.165, 1.54) is 42.5 Å². The lowest BCUT2D eigenvalue weighted by Crippen LogP contribution is -2.48. The molecule has 1 fully saturated rings. The van der Waals surface area contributed by atoms with Crippen molar-refractivity contribution in [2.75, 3.05) is 4.90 Å². The summed E-state index contributed by atoms with van der Waals surface area (Å²) in [5.74, 6) is -3.38. The molecule has 7 nitrogen and oxygen atoms in total. The van der Waals surface area contributed by atoms with Gasteiger partial charge in [0.15, 0.2) is 17.3 Å². The molecule has 0 amide bonds. The summed E-state index contributed by atoms with van der Waals surface area (Å²) in [5.41, 5.74) is -0.198. The number of anilines is 1. The van der Waals surface area contributed by atoms with Crippen molar-refractivity contribution in [3.8, 4) is 0 Å². The van der Waals surface area contributed by atoms with Gasteiger partial charge in [-0.2, -0.15) is 0 Å². The highest BCUT2D eigenvalue weighted by Gasteiger charge is 2.71. The molecular weight excluding hydrogens is 523 g/mol. The molecule has 4 aromatic carbocycles. The smallest absolute Gasteiger partial charge is 0.270 e. The van der Waals surface area contributed by atoms with Crippen molar-refractivity contribution < 1.29 is 23.7 Å². The van der Waals surface area contributed by atoms with Crippen molar-refractivity contribution in [3.63, 3.8) is 0 Å². The zero-order chi connectivity index (χ0) is 28.5. The number of ketones is 3.